The highest BCUT2D eigenvalue weighted by atomic mass is 16.5. The summed E-state index contributed by atoms with van der Waals surface area (Å²) in [6.45, 7) is 6.41. The van der Waals surface area contributed by atoms with Crippen LogP contribution in [0.2, 0.25) is 0 Å². The van der Waals surface area contributed by atoms with Gasteiger partial charge in [-0.3, -0.25) is 0 Å². The second-order valence-corrected chi connectivity index (χ2v) is 16.8. The van der Waals surface area contributed by atoms with Gasteiger partial charge in [0.25, 0.3) is 0 Å². The fraction of sp³-hybridized carbons (Fsp3) is 0.444. The van der Waals surface area contributed by atoms with Crippen LogP contribution in [0.5, 0.6) is 0 Å². The molecule has 0 bridgehead atoms. The van der Waals surface area contributed by atoms with E-state index in [4.69, 9.17) is 37.9 Å². The number of methoxy groups -OCH3 is 4. The third-order valence-corrected chi connectivity index (χ3v) is 13.2. The van der Waals surface area contributed by atoms with E-state index < -0.39 is 0 Å². The minimum absolute atomic E-state index is 0.0264. The quantitative estimate of drug-likeness (QED) is 0.0473. The number of rotatable bonds is 28. The Hall–Kier alpha value is -4.30. The highest BCUT2D eigenvalue weighted by Gasteiger charge is 2.44. The molecular formula is C54H66O10. The van der Waals surface area contributed by atoms with Gasteiger partial charge in [0, 0.05) is 65.7 Å². The van der Waals surface area contributed by atoms with Gasteiger partial charge in [0.1, 0.15) is 0 Å². The van der Waals surface area contributed by atoms with Crippen LogP contribution in [0, 0.1) is 0 Å². The van der Waals surface area contributed by atoms with Crippen molar-refractivity contribution in [3.8, 4) is 44.5 Å². The molecule has 5 aromatic rings. The van der Waals surface area contributed by atoms with E-state index in [2.05, 4.69) is 84.9 Å². The molecule has 0 aliphatic heterocycles. The lowest BCUT2D eigenvalue weighted by atomic mass is 9.72. The predicted octanol–water partition coefficient (Wildman–Crippen LogP) is 8.75. The molecule has 0 spiro atoms. The van der Waals surface area contributed by atoms with Crippen molar-refractivity contribution in [3.63, 3.8) is 0 Å². The van der Waals surface area contributed by atoms with Gasteiger partial charge >= 0.3 is 0 Å². The lowest BCUT2D eigenvalue weighted by Gasteiger charge is -2.33. The maximum atomic E-state index is 10.2. The van der Waals surface area contributed by atoms with Gasteiger partial charge in [-0.15, -0.1) is 0 Å². The van der Waals surface area contributed by atoms with E-state index in [-0.39, 0.29) is 24.0 Å². The van der Waals surface area contributed by atoms with Crippen molar-refractivity contribution >= 4 is 0 Å². The number of fused-ring (bicyclic) bond motifs is 6. The summed E-state index contributed by atoms with van der Waals surface area (Å²) in [5, 5.41) is 20.5. The van der Waals surface area contributed by atoms with E-state index in [1.165, 1.54) is 44.5 Å². The van der Waals surface area contributed by atoms with Crippen LogP contribution in [-0.4, -0.2) is 118 Å². The van der Waals surface area contributed by atoms with Crippen molar-refractivity contribution in [1.29, 1.82) is 0 Å². The lowest BCUT2D eigenvalue weighted by molar-refractivity contribution is 0.0490. The van der Waals surface area contributed by atoms with Crippen molar-refractivity contribution in [2.24, 2.45) is 0 Å². The molecule has 0 atom stereocenters. The molecule has 0 heterocycles. The highest BCUT2D eigenvalue weighted by Crippen LogP contribution is 2.55. The Labute approximate surface area is 379 Å². The fourth-order valence-electron chi connectivity index (χ4n) is 9.79. The average molecular weight is 875 g/mol. The van der Waals surface area contributed by atoms with Crippen LogP contribution in [0.15, 0.2) is 97.1 Å². The molecule has 0 saturated carbocycles. The Morgan fingerprint density at radius 2 is 0.609 bits per heavy atom. The molecule has 10 heteroatoms. The van der Waals surface area contributed by atoms with Crippen molar-refractivity contribution < 1.29 is 48.1 Å². The first-order valence-corrected chi connectivity index (χ1v) is 22.6. The number of hydrogen-bond donors (Lipinski definition) is 2. The third-order valence-electron chi connectivity index (χ3n) is 13.2. The van der Waals surface area contributed by atoms with Gasteiger partial charge in [0.2, 0.25) is 0 Å². The smallest absolute Gasteiger partial charge is 0.0700 e. The van der Waals surface area contributed by atoms with Crippen LogP contribution in [-0.2, 0) is 61.9 Å². The van der Waals surface area contributed by atoms with Crippen molar-refractivity contribution in [3.05, 3.63) is 130 Å². The molecule has 5 aromatic carbocycles. The van der Waals surface area contributed by atoms with Crippen LogP contribution in [0.3, 0.4) is 0 Å². The normalized spacial score (nSPS) is 14.1. The van der Waals surface area contributed by atoms with Crippen LogP contribution in [0.1, 0.15) is 59.1 Å². The van der Waals surface area contributed by atoms with Gasteiger partial charge in [-0.2, -0.15) is 0 Å². The van der Waals surface area contributed by atoms with Crippen LogP contribution in [0.4, 0.5) is 0 Å². The summed E-state index contributed by atoms with van der Waals surface area (Å²) in [6.07, 6.45) is 3.02. The first-order valence-electron chi connectivity index (χ1n) is 22.6. The minimum Gasteiger partial charge on any atom is -0.392 e. The van der Waals surface area contributed by atoms with E-state index in [9.17, 15) is 10.2 Å². The van der Waals surface area contributed by atoms with Crippen LogP contribution >= 0.6 is 0 Å². The maximum absolute atomic E-state index is 10.2. The molecule has 0 amide bonds. The summed E-state index contributed by atoms with van der Waals surface area (Å²) in [5.41, 5.74) is 15.2. The van der Waals surface area contributed by atoms with E-state index in [1.54, 1.807) is 28.4 Å². The highest BCUT2D eigenvalue weighted by molar-refractivity contribution is 5.86. The molecule has 0 aromatic heterocycles. The number of aliphatic hydroxyl groups excluding tert-OH is 2. The summed E-state index contributed by atoms with van der Waals surface area (Å²) in [5.74, 6) is 0. The Morgan fingerprint density at radius 3 is 0.906 bits per heavy atom. The topological polar surface area (TPSA) is 114 Å². The van der Waals surface area contributed by atoms with E-state index in [0.29, 0.717) is 79.3 Å². The summed E-state index contributed by atoms with van der Waals surface area (Å²) < 4.78 is 45.6. The Morgan fingerprint density at radius 1 is 0.328 bits per heavy atom. The van der Waals surface area contributed by atoms with Gasteiger partial charge in [-0.05, 0) is 116 Å². The first-order chi connectivity index (χ1) is 31.5. The van der Waals surface area contributed by atoms with E-state index >= 15 is 0 Å². The summed E-state index contributed by atoms with van der Waals surface area (Å²) in [6, 6.07) is 35.3. The van der Waals surface area contributed by atoms with E-state index in [0.717, 1.165) is 59.1 Å². The van der Waals surface area contributed by atoms with E-state index in [1.807, 2.05) is 12.1 Å². The Balaban J connectivity index is 1.23. The minimum atomic E-state index is -0.387. The number of ether oxygens (including phenoxy) is 8. The van der Waals surface area contributed by atoms with Crippen molar-refractivity contribution in [1.82, 2.24) is 0 Å². The van der Waals surface area contributed by atoms with Crippen LogP contribution in [0.25, 0.3) is 44.5 Å². The van der Waals surface area contributed by atoms with Crippen molar-refractivity contribution in [2.75, 3.05) is 108 Å². The molecule has 342 valence electrons. The number of benzene rings is 5. The molecule has 2 aliphatic rings. The van der Waals surface area contributed by atoms with Crippen molar-refractivity contribution in [2.45, 2.75) is 49.7 Å². The zero-order chi connectivity index (χ0) is 44.8. The molecular weight excluding hydrogens is 809 g/mol. The summed E-state index contributed by atoms with van der Waals surface area (Å²) in [7, 11) is 6.75. The fourth-order valence-corrected chi connectivity index (χ4v) is 9.79. The molecule has 0 saturated heterocycles. The predicted molar refractivity (Wildman–Crippen MR) is 251 cm³/mol. The first kappa shape index (κ1) is 47.7. The van der Waals surface area contributed by atoms with Gasteiger partial charge in [0.15, 0.2) is 0 Å². The summed E-state index contributed by atoms with van der Waals surface area (Å²) >= 11 is 0. The van der Waals surface area contributed by atoms with Gasteiger partial charge in [-0.1, -0.05) is 84.9 Å². The molecule has 10 nitrogen and oxygen atoms in total. The standard InChI is InChI=1S/C54H66O10/c1-57-25-29-61-21-17-53(18-22-62-30-26-58-2)49-33-39(37-55)5-13-45(49)47-15-11-43(35-51(47)53)41-7-9-42(10-8-41)44-12-16-48-46-14-6-40(38-56)34-50(46)54(52(48)36-44,19-23-63-31-27-59-3)20-24-64-32-28-60-4/h5-16,33-36,55-56H,17-32,37-38H2,1-4H3. The number of aliphatic hydroxyl groups is 2. The van der Waals surface area contributed by atoms with Gasteiger partial charge in [-0.25, -0.2) is 0 Å². The average Bonchev–Trinajstić information content (AvgIpc) is 3.76. The Kier molecular flexibility index (Phi) is 17.3. The number of hydrogen-bond acceptors (Lipinski definition) is 10. The zero-order valence-electron chi connectivity index (χ0n) is 38.1. The maximum Gasteiger partial charge on any atom is 0.0700 e. The molecule has 2 aliphatic carbocycles. The zero-order valence-corrected chi connectivity index (χ0v) is 38.1. The molecule has 0 unspecified atom stereocenters. The largest absolute Gasteiger partial charge is 0.392 e. The molecule has 0 fully saturated rings. The third kappa shape index (κ3) is 10.4. The molecule has 64 heavy (non-hydrogen) atoms. The lowest BCUT2D eigenvalue weighted by Crippen LogP contribution is -2.30. The monoisotopic (exact) mass is 874 g/mol. The van der Waals surface area contributed by atoms with Gasteiger partial charge < -0.3 is 48.1 Å². The summed E-state index contributed by atoms with van der Waals surface area (Å²) in [4.78, 5) is 0. The Bertz CT molecular complexity index is 2070. The molecule has 0 radical (unpaired) electrons. The molecule has 2 N–H and O–H groups in total. The second-order valence-electron chi connectivity index (χ2n) is 16.8. The second kappa shape index (κ2) is 23.2. The van der Waals surface area contributed by atoms with Gasteiger partial charge in [0.05, 0.1) is 66.1 Å². The van der Waals surface area contributed by atoms with Crippen LogP contribution < -0.4 is 0 Å². The molecule has 7 rings (SSSR count). The SMILES string of the molecule is COCCOCCC1(CCOCCOC)c2cc(CO)ccc2-c2ccc(-c3ccc(-c4ccc5c(c4)C(CCOCCOC)(CCOCCOC)c4cc(CO)ccc4-5)cc3)cc21.